The van der Waals surface area contributed by atoms with Crippen molar-refractivity contribution >= 4 is 0 Å². The van der Waals surface area contributed by atoms with Gasteiger partial charge in [0.1, 0.15) is 11.5 Å². The Labute approximate surface area is 127 Å². The number of ether oxygens (including phenoxy) is 2. The van der Waals surface area contributed by atoms with E-state index in [1.165, 1.54) is 0 Å². The summed E-state index contributed by atoms with van der Waals surface area (Å²) in [7, 11) is 5.52. The predicted octanol–water partition coefficient (Wildman–Crippen LogP) is 1.34. The van der Waals surface area contributed by atoms with Gasteiger partial charge in [0.05, 0.1) is 14.2 Å². The van der Waals surface area contributed by atoms with Crippen molar-refractivity contribution in [1.29, 1.82) is 0 Å². The molecule has 0 amide bonds. The van der Waals surface area contributed by atoms with Gasteiger partial charge in [-0.1, -0.05) is 0 Å². The van der Waals surface area contributed by atoms with Gasteiger partial charge in [-0.15, -0.1) is 0 Å². The number of nitrogens with two attached hydrogens (primary N) is 1. The van der Waals surface area contributed by atoms with Crippen LogP contribution < -0.4 is 15.2 Å². The third kappa shape index (κ3) is 3.67. The zero-order chi connectivity index (χ0) is 15.4. The molecule has 1 aliphatic heterocycles. The lowest BCUT2D eigenvalue weighted by atomic mass is 10.0. The number of rotatable bonds is 5. The van der Waals surface area contributed by atoms with Gasteiger partial charge in [0.25, 0.3) is 0 Å². The molecule has 1 aliphatic rings. The van der Waals surface area contributed by atoms with E-state index in [1.54, 1.807) is 14.2 Å². The van der Waals surface area contributed by atoms with Crippen molar-refractivity contribution in [2.24, 2.45) is 5.73 Å². The lowest BCUT2D eigenvalue weighted by Gasteiger charge is -2.41. The normalized spacial score (nSPS) is 22.0. The lowest BCUT2D eigenvalue weighted by Crippen LogP contribution is -2.52. The number of benzene rings is 1. The van der Waals surface area contributed by atoms with Crippen LogP contribution >= 0.6 is 0 Å². The molecule has 0 aliphatic carbocycles. The Balaban J connectivity index is 2.24. The predicted molar refractivity (Wildman–Crippen MR) is 85.0 cm³/mol. The molecule has 2 unspecified atom stereocenters. The van der Waals surface area contributed by atoms with Crippen LogP contribution in [-0.2, 0) is 0 Å². The fourth-order valence-corrected chi connectivity index (χ4v) is 2.88. The molecule has 0 spiro atoms. The summed E-state index contributed by atoms with van der Waals surface area (Å²) in [6, 6.07) is 6.75. The second-order valence-electron chi connectivity index (χ2n) is 5.72. The number of likely N-dealkylation sites (N-methyl/N-ethyl adjacent to an activating group) is 1. The van der Waals surface area contributed by atoms with Gasteiger partial charge in [-0.05, 0) is 31.7 Å². The molecule has 0 radical (unpaired) electrons. The molecule has 2 N–H and O–H groups in total. The summed E-state index contributed by atoms with van der Waals surface area (Å²) in [5.41, 5.74) is 7.22. The maximum atomic E-state index is 6.06. The van der Waals surface area contributed by atoms with Crippen LogP contribution in [0.15, 0.2) is 18.2 Å². The average molecular weight is 293 g/mol. The van der Waals surface area contributed by atoms with Crippen LogP contribution in [0.1, 0.15) is 18.5 Å². The third-order valence-electron chi connectivity index (χ3n) is 4.41. The molecule has 5 heteroatoms. The van der Waals surface area contributed by atoms with Crippen LogP contribution in [0.4, 0.5) is 0 Å². The van der Waals surface area contributed by atoms with E-state index in [0.29, 0.717) is 12.6 Å². The SMILES string of the molecule is COc1cc(OC)cc(C(CN)N2CCN(C)C(C)C2)c1. The van der Waals surface area contributed by atoms with Gasteiger partial charge in [0.2, 0.25) is 0 Å². The van der Waals surface area contributed by atoms with Gasteiger partial charge < -0.3 is 20.1 Å². The van der Waals surface area contributed by atoms with E-state index in [-0.39, 0.29) is 6.04 Å². The standard InChI is InChI=1S/C16H27N3O2/c1-12-11-19(6-5-18(12)2)16(10-17)13-7-14(20-3)9-15(8-13)21-4/h7-9,12,16H,5-6,10-11,17H2,1-4H3. The fraction of sp³-hybridized carbons (Fsp3) is 0.625. The summed E-state index contributed by atoms with van der Waals surface area (Å²) in [5, 5.41) is 0. The largest absolute Gasteiger partial charge is 0.497 e. The lowest BCUT2D eigenvalue weighted by molar-refractivity contribution is 0.0740. The van der Waals surface area contributed by atoms with Crippen LogP contribution in [0.5, 0.6) is 11.5 Å². The zero-order valence-corrected chi connectivity index (χ0v) is 13.5. The molecule has 1 heterocycles. The molecule has 0 saturated carbocycles. The number of nitrogens with zero attached hydrogens (tertiary/aromatic N) is 2. The molecular weight excluding hydrogens is 266 g/mol. The molecule has 1 aromatic carbocycles. The van der Waals surface area contributed by atoms with Gasteiger partial charge in [0, 0.05) is 44.3 Å². The summed E-state index contributed by atoms with van der Waals surface area (Å²) < 4.78 is 10.7. The van der Waals surface area contributed by atoms with Gasteiger partial charge >= 0.3 is 0 Å². The highest BCUT2D eigenvalue weighted by atomic mass is 16.5. The molecule has 5 nitrogen and oxygen atoms in total. The van der Waals surface area contributed by atoms with Crippen molar-refractivity contribution in [2.75, 3.05) is 47.4 Å². The Hall–Kier alpha value is -1.30. The summed E-state index contributed by atoms with van der Waals surface area (Å²) in [6.45, 7) is 5.97. The highest BCUT2D eigenvalue weighted by molar-refractivity contribution is 5.40. The van der Waals surface area contributed by atoms with Crippen LogP contribution in [0.2, 0.25) is 0 Å². The minimum absolute atomic E-state index is 0.199. The third-order valence-corrected chi connectivity index (χ3v) is 4.41. The summed E-state index contributed by atoms with van der Waals surface area (Å²) in [6.07, 6.45) is 0. The number of piperazine rings is 1. The van der Waals surface area contributed by atoms with Crippen LogP contribution in [-0.4, -0.2) is 63.3 Å². The first-order valence-electron chi connectivity index (χ1n) is 7.46. The maximum absolute atomic E-state index is 6.06. The summed E-state index contributed by atoms with van der Waals surface area (Å²) >= 11 is 0. The zero-order valence-electron chi connectivity index (χ0n) is 13.5. The molecule has 1 saturated heterocycles. The van der Waals surface area contributed by atoms with E-state index in [1.807, 2.05) is 6.07 Å². The molecule has 0 aromatic heterocycles. The van der Waals surface area contributed by atoms with E-state index >= 15 is 0 Å². The van der Waals surface area contributed by atoms with Gasteiger partial charge in [-0.3, -0.25) is 4.90 Å². The smallest absolute Gasteiger partial charge is 0.122 e. The van der Waals surface area contributed by atoms with E-state index < -0.39 is 0 Å². The summed E-state index contributed by atoms with van der Waals surface area (Å²) in [5.74, 6) is 1.62. The second kappa shape index (κ2) is 7.11. The minimum Gasteiger partial charge on any atom is -0.497 e. The molecule has 118 valence electrons. The molecule has 1 fully saturated rings. The fourth-order valence-electron chi connectivity index (χ4n) is 2.88. The molecule has 1 aromatic rings. The monoisotopic (exact) mass is 293 g/mol. The second-order valence-corrected chi connectivity index (χ2v) is 5.72. The maximum Gasteiger partial charge on any atom is 0.122 e. The highest BCUT2D eigenvalue weighted by Gasteiger charge is 2.27. The Kier molecular flexibility index (Phi) is 5.45. The highest BCUT2D eigenvalue weighted by Crippen LogP contribution is 2.30. The minimum atomic E-state index is 0.199. The average Bonchev–Trinajstić information content (AvgIpc) is 2.51. The first-order valence-corrected chi connectivity index (χ1v) is 7.46. The van der Waals surface area contributed by atoms with E-state index in [2.05, 4.69) is 35.9 Å². The van der Waals surface area contributed by atoms with Crippen LogP contribution in [0.3, 0.4) is 0 Å². The van der Waals surface area contributed by atoms with E-state index in [0.717, 1.165) is 36.7 Å². The van der Waals surface area contributed by atoms with Gasteiger partial charge in [-0.25, -0.2) is 0 Å². The first kappa shape index (κ1) is 16.1. The number of methoxy groups -OCH3 is 2. The van der Waals surface area contributed by atoms with Crippen LogP contribution in [0, 0.1) is 0 Å². The van der Waals surface area contributed by atoms with Crippen molar-refractivity contribution in [3.63, 3.8) is 0 Å². The number of hydrogen-bond acceptors (Lipinski definition) is 5. The van der Waals surface area contributed by atoms with E-state index in [9.17, 15) is 0 Å². The van der Waals surface area contributed by atoms with Crippen molar-refractivity contribution in [1.82, 2.24) is 9.80 Å². The number of hydrogen-bond donors (Lipinski definition) is 1. The first-order chi connectivity index (χ1) is 10.1. The van der Waals surface area contributed by atoms with Crippen molar-refractivity contribution in [3.05, 3.63) is 23.8 Å². The molecule has 21 heavy (non-hydrogen) atoms. The Bertz CT molecular complexity index is 445. The molecular formula is C16H27N3O2. The van der Waals surface area contributed by atoms with Gasteiger partial charge in [-0.2, -0.15) is 0 Å². The molecule has 2 rings (SSSR count). The molecule has 0 bridgehead atoms. The van der Waals surface area contributed by atoms with Crippen molar-refractivity contribution in [2.45, 2.75) is 19.0 Å². The topological polar surface area (TPSA) is 51.0 Å². The van der Waals surface area contributed by atoms with Crippen molar-refractivity contribution < 1.29 is 9.47 Å². The Morgan fingerprint density at radius 1 is 1.19 bits per heavy atom. The Morgan fingerprint density at radius 3 is 2.29 bits per heavy atom. The van der Waals surface area contributed by atoms with E-state index in [4.69, 9.17) is 15.2 Å². The Morgan fingerprint density at radius 2 is 1.81 bits per heavy atom. The quantitative estimate of drug-likeness (QED) is 0.888. The molecule has 2 atom stereocenters. The van der Waals surface area contributed by atoms with Gasteiger partial charge in [0.15, 0.2) is 0 Å². The summed E-state index contributed by atoms with van der Waals surface area (Å²) in [4.78, 5) is 4.84. The van der Waals surface area contributed by atoms with Crippen LogP contribution in [0.25, 0.3) is 0 Å². The van der Waals surface area contributed by atoms with Crippen molar-refractivity contribution in [3.8, 4) is 11.5 Å².